The van der Waals surface area contributed by atoms with Gasteiger partial charge in [-0.1, -0.05) is 18.2 Å². The van der Waals surface area contributed by atoms with Crippen molar-refractivity contribution in [3.05, 3.63) is 65.9 Å². The van der Waals surface area contributed by atoms with Crippen molar-refractivity contribution in [2.75, 3.05) is 0 Å². The minimum absolute atomic E-state index is 0.323. The SMILES string of the molecule is CC(C)S(=O)(=O)c1ccc(-c2cnc3c(n2)C(c2cn[nH]c2)=CC3)cc1. The number of H-pyrrole nitrogens is 1. The highest BCUT2D eigenvalue weighted by Gasteiger charge is 2.21. The summed E-state index contributed by atoms with van der Waals surface area (Å²) in [6.07, 6.45) is 8.17. The number of fused-ring (bicyclic) bond motifs is 1. The van der Waals surface area contributed by atoms with Gasteiger partial charge in [-0.15, -0.1) is 0 Å². The van der Waals surface area contributed by atoms with E-state index in [9.17, 15) is 8.42 Å². The van der Waals surface area contributed by atoms with Crippen molar-refractivity contribution in [2.45, 2.75) is 30.4 Å². The van der Waals surface area contributed by atoms with Gasteiger partial charge >= 0.3 is 0 Å². The van der Waals surface area contributed by atoms with E-state index < -0.39 is 15.1 Å². The quantitative estimate of drug-likeness (QED) is 0.767. The number of allylic oxidation sites excluding steroid dienone is 1. The van der Waals surface area contributed by atoms with E-state index in [1.165, 1.54) is 0 Å². The third-order valence-electron chi connectivity index (χ3n) is 4.51. The van der Waals surface area contributed by atoms with Crippen molar-refractivity contribution in [2.24, 2.45) is 0 Å². The molecule has 0 saturated carbocycles. The highest BCUT2D eigenvalue weighted by Crippen LogP contribution is 2.31. The lowest BCUT2D eigenvalue weighted by Crippen LogP contribution is -2.13. The van der Waals surface area contributed by atoms with Gasteiger partial charge < -0.3 is 0 Å². The standard InChI is InChI=1S/C19H18N4O2S/c1-12(2)26(24,25)15-5-3-13(4-6-15)18-11-20-17-8-7-16(19(17)23-18)14-9-21-22-10-14/h3-7,9-12H,8H2,1-2H3,(H,21,22). The van der Waals surface area contributed by atoms with E-state index in [2.05, 4.69) is 21.3 Å². The fourth-order valence-electron chi connectivity index (χ4n) is 2.95. The van der Waals surface area contributed by atoms with Crippen LogP contribution in [0.4, 0.5) is 0 Å². The highest BCUT2D eigenvalue weighted by molar-refractivity contribution is 7.92. The molecule has 4 rings (SSSR count). The molecular weight excluding hydrogens is 348 g/mol. The maximum atomic E-state index is 12.3. The van der Waals surface area contributed by atoms with Crippen molar-refractivity contribution in [1.29, 1.82) is 0 Å². The second kappa shape index (κ2) is 6.17. The Morgan fingerprint density at radius 1 is 1.08 bits per heavy atom. The number of nitrogens with zero attached hydrogens (tertiary/aromatic N) is 3. The second-order valence-electron chi connectivity index (χ2n) is 6.48. The first-order chi connectivity index (χ1) is 12.5. The van der Waals surface area contributed by atoms with Crippen LogP contribution in [-0.2, 0) is 16.3 Å². The van der Waals surface area contributed by atoms with Crippen LogP contribution in [0.25, 0.3) is 16.8 Å². The van der Waals surface area contributed by atoms with Crippen LogP contribution in [-0.4, -0.2) is 33.8 Å². The molecule has 2 aromatic heterocycles. The molecule has 0 fully saturated rings. The molecule has 0 spiro atoms. The molecule has 0 radical (unpaired) electrons. The summed E-state index contributed by atoms with van der Waals surface area (Å²) < 4.78 is 24.5. The van der Waals surface area contributed by atoms with E-state index in [0.29, 0.717) is 10.6 Å². The maximum absolute atomic E-state index is 12.3. The van der Waals surface area contributed by atoms with E-state index in [1.807, 2.05) is 6.20 Å². The molecule has 2 heterocycles. The van der Waals surface area contributed by atoms with E-state index >= 15 is 0 Å². The Morgan fingerprint density at radius 2 is 1.85 bits per heavy atom. The normalized spacial score (nSPS) is 13.7. The summed E-state index contributed by atoms with van der Waals surface area (Å²) in [6, 6.07) is 6.82. The summed E-state index contributed by atoms with van der Waals surface area (Å²) in [6.45, 7) is 3.36. The second-order valence-corrected chi connectivity index (χ2v) is 8.98. The molecular formula is C19H18N4O2S. The van der Waals surface area contributed by atoms with Crippen molar-refractivity contribution in [1.82, 2.24) is 20.2 Å². The van der Waals surface area contributed by atoms with Gasteiger partial charge in [0.05, 0.1) is 39.6 Å². The van der Waals surface area contributed by atoms with E-state index in [4.69, 9.17) is 4.98 Å². The van der Waals surface area contributed by atoms with Gasteiger partial charge in [-0.25, -0.2) is 13.4 Å². The monoisotopic (exact) mass is 366 g/mol. The third-order valence-corrected chi connectivity index (χ3v) is 6.68. The van der Waals surface area contributed by atoms with Crippen LogP contribution in [0.3, 0.4) is 0 Å². The van der Waals surface area contributed by atoms with Gasteiger partial charge in [0.15, 0.2) is 9.84 Å². The number of rotatable bonds is 4. The molecule has 3 aromatic rings. The Labute approximate surface area is 152 Å². The lowest BCUT2D eigenvalue weighted by molar-refractivity contribution is 0.587. The summed E-state index contributed by atoms with van der Waals surface area (Å²) in [5, 5.41) is 6.37. The Balaban J connectivity index is 1.70. The average molecular weight is 366 g/mol. The van der Waals surface area contributed by atoms with Crippen LogP contribution in [0.5, 0.6) is 0 Å². The number of nitrogens with one attached hydrogen (secondary N) is 1. The maximum Gasteiger partial charge on any atom is 0.180 e. The number of hydrogen-bond donors (Lipinski definition) is 1. The van der Waals surface area contributed by atoms with Crippen LogP contribution in [0.2, 0.25) is 0 Å². The van der Waals surface area contributed by atoms with Crippen LogP contribution < -0.4 is 0 Å². The van der Waals surface area contributed by atoms with E-state index in [0.717, 1.165) is 34.5 Å². The summed E-state index contributed by atoms with van der Waals surface area (Å²) in [7, 11) is -3.28. The molecule has 6 nitrogen and oxygen atoms in total. The zero-order valence-corrected chi connectivity index (χ0v) is 15.3. The molecule has 1 aromatic carbocycles. The number of benzene rings is 1. The molecule has 1 aliphatic carbocycles. The van der Waals surface area contributed by atoms with Crippen LogP contribution in [0, 0.1) is 0 Å². The smallest absolute Gasteiger partial charge is 0.180 e. The molecule has 7 heteroatoms. The molecule has 0 amide bonds. The van der Waals surface area contributed by atoms with Crippen molar-refractivity contribution >= 4 is 15.4 Å². The lowest BCUT2D eigenvalue weighted by atomic mass is 10.1. The van der Waals surface area contributed by atoms with Gasteiger partial charge in [-0.2, -0.15) is 5.10 Å². The van der Waals surface area contributed by atoms with Gasteiger partial charge in [-0.3, -0.25) is 10.1 Å². The van der Waals surface area contributed by atoms with Gasteiger partial charge in [-0.05, 0) is 26.0 Å². The van der Waals surface area contributed by atoms with Gasteiger partial charge in [0, 0.05) is 29.3 Å². The molecule has 26 heavy (non-hydrogen) atoms. The van der Waals surface area contributed by atoms with Gasteiger partial charge in [0.1, 0.15) is 0 Å². The Hall–Kier alpha value is -2.80. The van der Waals surface area contributed by atoms with E-state index in [-0.39, 0.29) is 0 Å². The molecule has 132 valence electrons. The summed E-state index contributed by atoms with van der Waals surface area (Å²) >= 11 is 0. The third kappa shape index (κ3) is 2.74. The van der Waals surface area contributed by atoms with Crippen molar-refractivity contribution < 1.29 is 8.42 Å². The molecule has 0 bridgehead atoms. The molecule has 0 saturated heterocycles. The molecule has 0 unspecified atom stereocenters. The lowest BCUT2D eigenvalue weighted by Gasteiger charge is -2.09. The van der Waals surface area contributed by atoms with Crippen molar-refractivity contribution in [3.8, 4) is 11.3 Å². The van der Waals surface area contributed by atoms with Crippen LogP contribution in [0.15, 0.2) is 53.8 Å². The summed E-state index contributed by atoms with van der Waals surface area (Å²) in [4.78, 5) is 9.62. The fraction of sp³-hybridized carbons (Fsp3) is 0.211. The first-order valence-corrected chi connectivity index (χ1v) is 9.91. The summed E-state index contributed by atoms with van der Waals surface area (Å²) in [5.74, 6) is 0. The number of sulfone groups is 1. The summed E-state index contributed by atoms with van der Waals surface area (Å²) in [5.41, 5.74) is 5.33. The number of aromatic amines is 1. The first-order valence-electron chi connectivity index (χ1n) is 8.37. The molecule has 1 N–H and O–H groups in total. The largest absolute Gasteiger partial charge is 0.285 e. The van der Waals surface area contributed by atoms with Crippen molar-refractivity contribution in [3.63, 3.8) is 0 Å². The number of hydrogen-bond acceptors (Lipinski definition) is 5. The molecule has 0 atom stereocenters. The Morgan fingerprint density at radius 3 is 2.50 bits per heavy atom. The Kier molecular flexibility index (Phi) is 3.96. The zero-order chi connectivity index (χ0) is 18.3. The topological polar surface area (TPSA) is 88.6 Å². The predicted molar refractivity (Wildman–Crippen MR) is 99.2 cm³/mol. The Bertz CT molecular complexity index is 1080. The molecule has 0 aliphatic heterocycles. The van der Waals surface area contributed by atoms with Gasteiger partial charge in [0.2, 0.25) is 0 Å². The first kappa shape index (κ1) is 16.7. The highest BCUT2D eigenvalue weighted by atomic mass is 32.2. The van der Waals surface area contributed by atoms with Crippen LogP contribution >= 0.6 is 0 Å². The predicted octanol–water partition coefficient (Wildman–Crippen LogP) is 3.04. The minimum atomic E-state index is -3.28. The fourth-order valence-corrected chi connectivity index (χ4v) is 4.01. The van der Waals surface area contributed by atoms with Gasteiger partial charge in [0.25, 0.3) is 0 Å². The number of aromatic nitrogens is 4. The van der Waals surface area contributed by atoms with E-state index in [1.54, 1.807) is 50.5 Å². The van der Waals surface area contributed by atoms with Crippen LogP contribution in [0.1, 0.15) is 30.8 Å². The zero-order valence-electron chi connectivity index (χ0n) is 14.5. The molecule has 1 aliphatic rings. The minimum Gasteiger partial charge on any atom is -0.285 e. The average Bonchev–Trinajstić information content (AvgIpc) is 3.30.